The summed E-state index contributed by atoms with van der Waals surface area (Å²) in [6.07, 6.45) is 1.87. The number of nitrogens with one attached hydrogen (secondary N) is 1. The van der Waals surface area contributed by atoms with Gasteiger partial charge in [-0.15, -0.1) is 15.3 Å². The van der Waals surface area contributed by atoms with E-state index in [9.17, 15) is 9.18 Å². The minimum Gasteiger partial charge on any atom is -0.476 e. The van der Waals surface area contributed by atoms with Crippen LogP contribution in [0, 0.1) is 5.82 Å². The van der Waals surface area contributed by atoms with E-state index in [1.54, 1.807) is 9.25 Å². The largest absolute Gasteiger partial charge is 0.476 e. The van der Waals surface area contributed by atoms with Crippen molar-refractivity contribution in [3.63, 3.8) is 0 Å². The summed E-state index contributed by atoms with van der Waals surface area (Å²) in [5.74, 6) is 0.706. The fourth-order valence-electron chi connectivity index (χ4n) is 2.50. The van der Waals surface area contributed by atoms with E-state index in [4.69, 9.17) is 4.74 Å². The second kappa shape index (κ2) is 8.87. The van der Waals surface area contributed by atoms with Crippen LogP contribution in [0.2, 0.25) is 0 Å². The van der Waals surface area contributed by atoms with Crippen molar-refractivity contribution in [3.8, 4) is 17.3 Å². The fraction of sp³-hybridized carbons (Fsp3) is 0.333. The summed E-state index contributed by atoms with van der Waals surface area (Å²) < 4.78 is 22.1. The maximum absolute atomic E-state index is 12.9. The molecule has 8 nitrogen and oxygen atoms in total. The number of benzene rings is 1. The van der Waals surface area contributed by atoms with Gasteiger partial charge in [-0.05, 0) is 38.1 Å². The van der Waals surface area contributed by atoms with Gasteiger partial charge in [-0.1, -0.05) is 11.8 Å². The van der Waals surface area contributed by atoms with Gasteiger partial charge in [0.1, 0.15) is 11.4 Å². The Bertz CT molecular complexity index is 954. The lowest BCUT2D eigenvalue weighted by Crippen LogP contribution is -2.14. The highest BCUT2D eigenvalue weighted by atomic mass is 32.2. The molecule has 10 heteroatoms. The molecule has 0 bridgehead atoms. The van der Waals surface area contributed by atoms with Crippen molar-refractivity contribution in [3.05, 3.63) is 36.3 Å². The number of aromatic nitrogens is 5. The number of carbonyl (C=O) groups is 1. The molecule has 28 heavy (non-hydrogen) atoms. The zero-order valence-corrected chi connectivity index (χ0v) is 16.7. The first-order chi connectivity index (χ1) is 13.5. The second-order valence-corrected chi connectivity index (χ2v) is 6.79. The Morgan fingerprint density at radius 3 is 2.68 bits per heavy atom. The standard InChI is InChI=1S/C18H21FN6O2S/c1-4-25-10-14(17(23-25)27-5-2)16-21-22-18(24(16)3)28-11-15(26)20-13-8-6-12(19)7-9-13/h6-10H,4-5,11H2,1-3H3,(H,20,26). The van der Waals surface area contributed by atoms with Crippen molar-refractivity contribution in [2.24, 2.45) is 7.05 Å². The first-order valence-corrected chi connectivity index (χ1v) is 9.78. The molecular formula is C18H21FN6O2S. The lowest BCUT2D eigenvalue weighted by Gasteiger charge is -2.06. The highest BCUT2D eigenvalue weighted by Gasteiger charge is 2.19. The number of ether oxygens (including phenoxy) is 1. The van der Waals surface area contributed by atoms with Gasteiger partial charge in [-0.2, -0.15) is 0 Å². The summed E-state index contributed by atoms with van der Waals surface area (Å²) >= 11 is 1.26. The monoisotopic (exact) mass is 404 g/mol. The predicted octanol–water partition coefficient (Wildman–Crippen LogP) is 2.97. The molecule has 0 aliphatic rings. The summed E-state index contributed by atoms with van der Waals surface area (Å²) in [7, 11) is 1.83. The van der Waals surface area contributed by atoms with Gasteiger partial charge in [0, 0.05) is 25.5 Å². The number of thioether (sulfide) groups is 1. The Hall–Kier alpha value is -2.88. The van der Waals surface area contributed by atoms with E-state index < -0.39 is 0 Å². The van der Waals surface area contributed by atoms with Gasteiger partial charge in [-0.3, -0.25) is 9.48 Å². The van der Waals surface area contributed by atoms with E-state index >= 15 is 0 Å². The molecule has 0 saturated carbocycles. The molecular weight excluding hydrogens is 383 g/mol. The molecule has 0 unspecified atom stereocenters. The topological polar surface area (TPSA) is 86.9 Å². The molecule has 1 aromatic carbocycles. The van der Waals surface area contributed by atoms with Crippen LogP contribution in [0.25, 0.3) is 11.4 Å². The molecule has 0 saturated heterocycles. The Labute approximate surface area is 166 Å². The lowest BCUT2D eigenvalue weighted by molar-refractivity contribution is -0.113. The van der Waals surface area contributed by atoms with Crippen LogP contribution in [0.15, 0.2) is 35.6 Å². The minimum atomic E-state index is -0.350. The number of aryl methyl sites for hydroxylation is 1. The smallest absolute Gasteiger partial charge is 0.243 e. The number of nitrogens with zero attached hydrogens (tertiary/aromatic N) is 5. The molecule has 0 aliphatic carbocycles. The third kappa shape index (κ3) is 4.50. The SMILES string of the molecule is CCOc1nn(CC)cc1-c1nnc(SCC(=O)Nc2ccc(F)cc2)n1C. The number of rotatable bonds is 8. The van der Waals surface area contributed by atoms with Crippen molar-refractivity contribution in [1.82, 2.24) is 24.5 Å². The van der Waals surface area contributed by atoms with Crippen LogP contribution in [-0.4, -0.2) is 42.8 Å². The molecule has 0 aliphatic heterocycles. The van der Waals surface area contributed by atoms with Gasteiger partial charge in [0.05, 0.1) is 12.4 Å². The number of anilines is 1. The quantitative estimate of drug-likeness (QED) is 0.581. The predicted molar refractivity (Wildman–Crippen MR) is 105 cm³/mol. The van der Waals surface area contributed by atoms with Gasteiger partial charge in [0.2, 0.25) is 11.8 Å². The maximum Gasteiger partial charge on any atom is 0.243 e. The molecule has 148 valence electrons. The lowest BCUT2D eigenvalue weighted by atomic mass is 10.3. The molecule has 0 radical (unpaired) electrons. The molecule has 3 aromatic rings. The van der Waals surface area contributed by atoms with Crippen LogP contribution in [0.5, 0.6) is 5.88 Å². The second-order valence-electron chi connectivity index (χ2n) is 5.85. The molecule has 0 fully saturated rings. The molecule has 3 rings (SSSR count). The van der Waals surface area contributed by atoms with E-state index in [-0.39, 0.29) is 17.5 Å². The molecule has 1 N–H and O–H groups in total. The van der Waals surface area contributed by atoms with Crippen LogP contribution in [0.1, 0.15) is 13.8 Å². The Kier molecular flexibility index (Phi) is 6.30. The fourth-order valence-corrected chi connectivity index (χ4v) is 3.21. The zero-order chi connectivity index (χ0) is 20.1. The van der Waals surface area contributed by atoms with Gasteiger partial charge >= 0.3 is 0 Å². The average Bonchev–Trinajstić information content (AvgIpc) is 3.25. The van der Waals surface area contributed by atoms with E-state index in [0.717, 1.165) is 5.56 Å². The first kappa shape index (κ1) is 19.9. The van der Waals surface area contributed by atoms with Crippen molar-refractivity contribution >= 4 is 23.4 Å². The number of halogens is 1. The van der Waals surface area contributed by atoms with Gasteiger partial charge < -0.3 is 14.6 Å². The third-order valence-corrected chi connectivity index (χ3v) is 4.89. The van der Waals surface area contributed by atoms with E-state index in [0.29, 0.717) is 35.7 Å². The Balaban J connectivity index is 1.69. The van der Waals surface area contributed by atoms with Crippen molar-refractivity contribution in [2.45, 2.75) is 25.5 Å². The highest BCUT2D eigenvalue weighted by Crippen LogP contribution is 2.29. The van der Waals surface area contributed by atoms with Crippen molar-refractivity contribution in [2.75, 3.05) is 17.7 Å². The minimum absolute atomic E-state index is 0.149. The van der Waals surface area contributed by atoms with Crippen LogP contribution < -0.4 is 10.1 Å². The van der Waals surface area contributed by atoms with Crippen LogP contribution in [0.3, 0.4) is 0 Å². The summed E-state index contributed by atoms with van der Waals surface area (Å²) in [4.78, 5) is 12.1. The molecule has 0 spiro atoms. The van der Waals surface area contributed by atoms with E-state index in [1.165, 1.54) is 36.0 Å². The summed E-state index contributed by atoms with van der Waals surface area (Å²) in [5, 5.41) is 16.1. The van der Waals surface area contributed by atoms with Crippen molar-refractivity contribution < 1.29 is 13.9 Å². The van der Waals surface area contributed by atoms with Crippen LogP contribution >= 0.6 is 11.8 Å². The molecule has 0 atom stereocenters. The number of hydrogen-bond donors (Lipinski definition) is 1. The normalized spacial score (nSPS) is 10.9. The number of hydrogen-bond acceptors (Lipinski definition) is 6. The Morgan fingerprint density at radius 1 is 1.25 bits per heavy atom. The first-order valence-electron chi connectivity index (χ1n) is 8.80. The Morgan fingerprint density at radius 2 is 2.00 bits per heavy atom. The molecule has 2 aromatic heterocycles. The average molecular weight is 404 g/mol. The molecule has 1 amide bonds. The van der Waals surface area contributed by atoms with E-state index in [1.807, 2.05) is 27.1 Å². The zero-order valence-electron chi connectivity index (χ0n) is 15.8. The summed E-state index contributed by atoms with van der Waals surface area (Å²) in [6.45, 7) is 5.09. The van der Waals surface area contributed by atoms with Gasteiger partial charge in [-0.25, -0.2) is 4.39 Å². The third-order valence-electron chi connectivity index (χ3n) is 3.87. The van der Waals surface area contributed by atoms with Crippen LogP contribution in [-0.2, 0) is 18.4 Å². The van der Waals surface area contributed by atoms with Gasteiger partial charge in [0.15, 0.2) is 11.0 Å². The molecule has 2 heterocycles. The van der Waals surface area contributed by atoms with Gasteiger partial charge in [0.25, 0.3) is 0 Å². The van der Waals surface area contributed by atoms with Crippen LogP contribution in [0.4, 0.5) is 10.1 Å². The van der Waals surface area contributed by atoms with E-state index in [2.05, 4.69) is 20.6 Å². The highest BCUT2D eigenvalue weighted by molar-refractivity contribution is 7.99. The number of amides is 1. The summed E-state index contributed by atoms with van der Waals surface area (Å²) in [6, 6.07) is 5.62. The summed E-state index contributed by atoms with van der Waals surface area (Å²) in [5.41, 5.74) is 1.29. The maximum atomic E-state index is 12.9. The van der Waals surface area contributed by atoms with Crippen molar-refractivity contribution in [1.29, 1.82) is 0 Å². The number of carbonyl (C=O) groups excluding carboxylic acids is 1.